The Labute approximate surface area is 176 Å². The molecule has 1 aliphatic heterocycles. The second kappa shape index (κ2) is 7.70. The Hall–Kier alpha value is -1.96. The molecule has 0 spiro atoms. The number of imidazole rings is 1. The van der Waals surface area contributed by atoms with Gasteiger partial charge < -0.3 is 15.2 Å². The molecule has 4 nitrogen and oxygen atoms in total. The number of hydrogen-bond donors (Lipinski definition) is 1. The Balaban J connectivity index is 1.89. The zero-order valence-electron chi connectivity index (χ0n) is 15.5. The number of anilines is 1. The maximum absolute atomic E-state index is 14.0. The highest BCUT2D eigenvalue weighted by Crippen LogP contribution is 2.36. The van der Waals surface area contributed by atoms with Gasteiger partial charge in [-0.3, -0.25) is 0 Å². The van der Waals surface area contributed by atoms with Gasteiger partial charge in [0.05, 0.1) is 23.1 Å². The van der Waals surface area contributed by atoms with E-state index in [-0.39, 0.29) is 19.0 Å². The smallest absolute Gasteiger partial charge is 0.207 e. The lowest BCUT2D eigenvalue weighted by molar-refractivity contribution is 0.243. The number of rotatable bonds is 3. The number of nitrogens with two attached hydrogens (primary N) is 1. The minimum Gasteiger partial charge on any atom is -0.340 e. The molecule has 1 fully saturated rings. The largest absolute Gasteiger partial charge is 0.340 e. The molecular formula is C20H19Cl2F3N4. The molecule has 29 heavy (non-hydrogen) atoms. The molecular weight excluding hydrogens is 424 g/mol. The van der Waals surface area contributed by atoms with Crippen LogP contribution in [0.4, 0.5) is 19.1 Å². The van der Waals surface area contributed by atoms with Gasteiger partial charge >= 0.3 is 0 Å². The Morgan fingerprint density at radius 3 is 2.59 bits per heavy atom. The molecule has 1 saturated heterocycles. The van der Waals surface area contributed by atoms with Crippen molar-refractivity contribution in [2.75, 3.05) is 18.0 Å². The molecule has 3 aromatic rings. The number of aromatic nitrogens is 2. The summed E-state index contributed by atoms with van der Waals surface area (Å²) >= 11 is 12.4. The first kappa shape index (κ1) is 20.3. The summed E-state index contributed by atoms with van der Waals surface area (Å²) in [6.07, 6.45) is -0.842. The van der Waals surface area contributed by atoms with Crippen LogP contribution in [0.5, 0.6) is 0 Å². The quantitative estimate of drug-likeness (QED) is 0.613. The number of piperidine rings is 1. The highest BCUT2D eigenvalue weighted by atomic mass is 35.5. The van der Waals surface area contributed by atoms with E-state index < -0.39 is 23.8 Å². The van der Waals surface area contributed by atoms with E-state index in [1.54, 1.807) is 22.8 Å². The average molecular weight is 443 g/mol. The van der Waals surface area contributed by atoms with Crippen LogP contribution < -0.4 is 10.6 Å². The first-order chi connectivity index (χ1) is 13.8. The second-order valence-corrected chi connectivity index (χ2v) is 8.14. The highest BCUT2D eigenvalue weighted by Gasteiger charge is 2.31. The van der Waals surface area contributed by atoms with E-state index in [4.69, 9.17) is 28.9 Å². The van der Waals surface area contributed by atoms with Crippen LogP contribution in [0.3, 0.4) is 0 Å². The summed E-state index contributed by atoms with van der Waals surface area (Å²) in [5.74, 6) is -1.49. The van der Waals surface area contributed by atoms with Crippen molar-refractivity contribution in [1.29, 1.82) is 0 Å². The average Bonchev–Trinajstić information content (AvgIpc) is 3.02. The van der Waals surface area contributed by atoms with Crippen molar-refractivity contribution in [2.45, 2.75) is 31.6 Å². The van der Waals surface area contributed by atoms with Crippen LogP contribution in [0.2, 0.25) is 10.0 Å². The zero-order chi connectivity index (χ0) is 20.9. The third-order valence-electron chi connectivity index (χ3n) is 5.37. The number of nitrogens with zero attached hydrogens (tertiary/aromatic N) is 3. The highest BCUT2D eigenvalue weighted by molar-refractivity contribution is 6.35. The van der Waals surface area contributed by atoms with Gasteiger partial charge in [-0.05, 0) is 31.0 Å². The van der Waals surface area contributed by atoms with E-state index in [9.17, 15) is 13.2 Å². The number of halogens is 5. The molecule has 0 radical (unpaired) electrons. The van der Waals surface area contributed by atoms with Gasteiger partial charge in [0.1, 0.15) is 6.17 Å². The molecule has 1 aliphatic rings. The third kappa shape index (κ3) is 3.67. The van der Waals surface area contributed by atoms with Gasteiger partial charge in [0.15, 0.2) is 11.6 Å². The van der Waals surface area contributed by atoms with E-state index in [2.05, 4.69) is 4.98 Å². The van der Waals surface area contributed by atoms with Gasteiger partial charge in [-0.25, -0.2) is 18.2 Å². The van der Waals surface area contributed by atoms with Gasteiger partial charge in [0, 0.05) is 35.3 Å². The van der Waals surface area contributed by atoms with E-state index in [0.29, 0.717) is 33.6 Å². The monoisotopic (exact) mass is 442 g/mol. The lowest BCUT2D eigenvalue weighted by Crippen LogP contribution is -2.50. The van der Waals surface area contributed by atoms with E-state index in [1.807, 2.05) is 11.8 Å². The minimum absolute atomic E-state index is 0.247. The SMILES string of the molecule is C[C@@H](c1ccc(Cl)cc1Cl)n1c(N2CCC(F)C(N)C2)nc2cc(F)c(F)cc21. The van der Waals surface area contributed by atoms with Crippen molar-refractivity contribution >= 4 is 40.2 Å². The summed E-state index contributed by atoms with van der Waals surface area (Å²) < 4.78 is 43.5. The second-order valence-electron chi connectivity index (χ2n) is 7.29. The van der Waals surface area contributed by atoms with Gasteiger partial charge in [-0.1, -0.05) is 29.3 Å². The summed E-state index contributed by atoms with van der Waals surface area (Å²) in [5, 5.41) is 0.935. The van der Waals surface area contributed by atoms with Gasteiger partial charge in [-0.2, -0.15) is 0 Å². The van der Waals surface area contributed by atoms with Crippen molar-refractivity contribution in [1.82, 2.24) is 9.55 Å². The summed E-state index contributed by atoms with van der Waals surface area (Å²) in [6, 6.07) is 6.25. The summed E-state index contributed by atoms with van der Waals surface area (Å²) in [4.78, 5) is 6.37. The van der Waals surface area contributed by atoms with Crippen molar-refractivity contribution in [3.05, 3.63) is 57.6 Å². The van der Waals surface area contributed by atoms with Crippen LogP contribution in [0.1, 0.15) is 24.9 Å². The first-order valence-corrected chi connectivity index (χ1v) is 9.98. The first-order valence-electron chi connectivity index (χ1n) is 9.22. The molecule has 2 aromatic carbocycles. The Bertz CT molecular complexity index is 1070. The van der Waals surface area contributed by atoms with Crippen LogP contribution >= 0.6 is 23.2 Å². The van der Waals surface area contributed by atoms with E-state index in [1.165, 1.54) is 0 Å². The maximum Gasteiger partial charge on any atom is 0.207 e. The lowest BCUT2D eigenvalue weighted by atomic mass is 10.0. The fraction of sp³-hybridized carbons (Fsp3) is 0.350. The number of fused-ring (bicyclic) bond motifs is 1. The predicted octanol–water partition coefficient (Wildman–Crippen LogP) is 5.11. The van der Waals surface area contributed by atoms with E-state index >= 15 is 0 Å². The van der Waals surface area contributed by atoms with Gasteiger partial charge in [-0.15, -0.1) is 0 Å². The summed E-state index contributed by atoms with van der Waals surface area (Å²) in [5.41, 5.74) is 7.37. The number of hydrogen-bond acceptors (Lipinski definition) is 3. The van der Waals surface area contributed by atoms with Crippen molar-refractivity contribution in [3.8, 4) is 0 Å². The van der Waals surface area contributed by atoms with Crippen LogP contribution in [0, 0.1) is 11.6 Å². The lowest BCUT2D eigenvalue weighted by Gasteiger charge is -2.35. The molecule has 2 heterocycles. The number of alkyl halides is 1. The molecule has 0 amide bonds. The molecule has 154 valence electrons. The summed E-state index contributed by atoms with van der Waals surface area (Å²) in [6.45, 7) is 2.52. The molecule has 0 bridgehead atoms. The Morgan fingerprint density at radius 1 is 1.17 bits per heavy atom. The van der Waals surface area contributed by atoms with Crippen LogP contribution in [0.15, 0.2) is 30.3 Å². The van der Waals surface area contributed by atoms with Crippen molar-refractivity contribution in [3.63, 3.8) is 0 Å². The maximum atomic E-state index is 14.0. The Kier molecular flexibility index (Phi) is 5.40. The minimum atomic E-state index is -1.10. The summed E-state index contributed by atoms with van der Waals surface area (Å²) in [7, 11) is 0. The third-order valence-corrected chi connectivity index (χ3v) is 5.93. The van der Waals surface area contributed by atoms with Crippen LogP contribution in [-0.2, 0) is 0 Å². The molecule has 4 rings (SSSR count). The molecule has 9 heteroatoms. The standard InChI is InChI=1S/C20H19Cl2F3N4/c1-10(12-3-2-11(21)6-13(12)22)29-19-8-16(25)15(24)7-18(19)27-20(29)28-5-4-14(23)17(26)9-28/h2-3,6-8,10,14,17H,4-5,9,26H2,1H3/t10-,14?,17?/m0/s1. The molecule has 2 unspecified atom stereocenters. The van der Waals surface area contributed by atoms with Crippen molar-refractivity contribution < 1.29 is 13.2 Å². The fourth-order valence-corrected chi connectivity index (χ4v) is 4.36. The normalized spacial score (nSPS) is 21.0. The number of benzene rings is 2. The van der Waals surface area contributed by atoms with Crippen LogP contribution in [-0.4, -0.2) is 34.9 Å². The molecule has 2 N–H and O–H groups in total. The molecule has 3 atom stereocenters. The van der Waals surface area contributed by atoms with Gasteiger partial charge in [0.2, 0.25) is 5.95 Å². The van der Waals surface area contributed by atoms with Crippen LogP contribution in [0.25, 0.3) is 11.0 Å². The molecule has 0 saturated carbocycles. The van der Waals surface area contributed by atoms with Crippen molar-refractivity contribution in [2.24, 2.45) is 5.73 Å². The predicted molar refractivity (Wildman–Crippen MR) is 110 cm³/mol. The Morgan fingerprint density at radius 2 is 1.90 bits per heavy atom. The van der Waals surface area contributed by atoms with Gasteiger partial charge in [0.25, 0.3) is 0 Å². The molecule has 0 aliphatic carbocycles. The molecule has 1 aromatic heterocycles. The topological polar surface area (TPSA) is 47.1 Å². The zero-order valence-corrected chi connectivity index (χ0v) is 17.1. The fourth-order valence-electron chi connectivity index (χ4n) is 3.80. The van der Waals surface area contributed by atoms with E-state index in [0.717, 1.165) is 17.7 Å².